The van der Waals surface area contributed by atoms with Gasteiger partial charge in [0.15, 0.2) is 0 Å². The van der Waals surface area contributed by atoms with Crippen LogP contribution in [0.4, 0.5) is 22.0 Å². The minimum atomic E-state index is -4.99. The van der Waals surface area contributed by atoms with Crippen molar-refractivity contribution in [2.45, 2.75) is 43.8 Å². The van der Waals surface area contributed by atoms with Crippen LogP contribution in [0.25, 0.3) is 0 Å². The summed E-state index contributed by atoms with van der Waals surface area (Å²) >= 11 is 0. The average Bonchev–Trinajstić information content (AvgIpc) is 2.52. The highest BCUT2D eigenvalue weighted by molar-refractivity contribution is 5.79. The van der Waals surface area contributed by atoms with Gasteiger partial charge in [-0.1, -0.05) is 0 Å². The van der Waals surface area contributed by atoms with E-state index in [4.69, 9.17) is 5.11 Å². The summed E-state index contributed by atoms with van der Waals surface area (Å²) in [6.45, 7) is 0.0975. The largest absolute Gasteiger partial charge is 0.480 e. The third kappa shape index (κ3) is 3.09. The first kappa shape index (κ1) is 15.1. The molecule has 0 heterocycles. The number of rotatable bonds is 4. The predicted octanol–water partition coefficient (Wildman–Crippen LogP) is 2.42. The third-order valence-corrected chi connectivity index (χ3v) is 3.24. The lowest BCUT2D eigenvalue weighted by molar-refractivity contribution is -0.206. The Balaban J connectivity index is 2.63. The Kier molecular flexibility index (Phi) is 3.90. The van der Waals surface area contributed by atoms with Crippen LogP contribution < -0.4 is 5.32 Å². The summed E-state index contributed by atoms with van der Waals surface area (Å²) < 4.78 is 63.5. The Morgan fingerprint density at radius 1 is 1.44 bits per heavy atom. The molecule has 1 fully saturated rings. The number of halogens is 5. The summed E-state index contributed by atoms with van der Waals surface area (Å²) in [7, 11) is 0. The molecule has 0 spiro atoms. The quantitative estimate of drug-likeness (QED) is 0.775. The molecule has 0 aromatic carbocycles. The van der Waals surface area contributed by atoms with Crippen LogP contribution >= 0.6 is 0 Å². The number of nitrogens with one attached hydrogen (secondary N) is 1. The molecule has 1 aliphatic rings. The molecule has 0 radical (unpaired) electrons. The van der Waals surface area contributed by atoms with Gasteiger partial charge in [0.1, 0.15) is 0 Å². The zero-order valence-electron chi connectivity index (χ0n) is 9.65. The highest BCUT2D eigenvalue weighted by Gasteiger charge is 2.57. The SMILES string of the molecule is CC(NCC1CCC(F)(F)C1)(C(=O)O)C(F)(F)F. The van der Waals surface area contributed by atoms with E-state index < -0.39 is 42.5 Å². The van der Waals surface area contributed by atoms with Crippen molar-refractivity contribution in [3.8, 4) is 0 Å². The van der Waals surface area contributed by atoms with E-state index >= 15 is 0 Å². The van der Waals surface area contributed by atoms with Gasteiger partial charge >= 0.3 is 12.1 Å². The number of hydrogen-bond acceptors (Lipinski definition) is 2. The number of alkyl halides is 5. The van der Waals surface area contributed by atoms with E-state index in [2.05, 4.69) is 0 Å². The van der Waals surface area contributed by atoms with Gasteiger partial charge in [-0.15, -0.1) is 0 Å². The number of aliphatic carboxylic acids is 1. The van der Waals surface area contributed by atoms with E-state index in [9.17, 15) is 26.7 Å². The lowest BCUT2D eigenvalue weighted by Crippen LogP contribution is -2.61. The number of hydrogen-bond donors (Lipinski definition) is 2. The van der Waals surface area contributed by atoms with Crippen LogP contribution in [0.3, 0.4) is 0 Å². The van der Waals surface area contributed by atoms with Crippen LogP contribution in [0.1, 0.15) is 26.2 Å². The highest BCUT2D eigenvalue weighted by atomic mass is 19.4. The van der Waals surface area contributed by atoms with Crippen molar-refractivity contribution >= 4 is 5.97 Å². The van der Waals surface area contributed by atoms with E-state index in [1.807, 2.05) is 5.32 Å². The van der Waals surface area contributed by atoms with Crippen molar-refractivity contribution in [2.24, 2.45) is 5.92 Å². The first-order valence-corrected chi connectivity index (χ1v) is 5.41. The Labute approximate surface area is 100 Å². The number of carboxylic acid groups (broad SMARTS) is 1. The fourth-order valence-corrected chi connectivity index (χ4v) is 1.86. The molecule has 3 nitrogen and oxygen atoms in total. The topological polar surface area (TPSA) is 49.3 Å². The fourth-order valence-electron chi connectivity index (χ4n) is 1.86. The first-order valence-electron chi connectivity index (χ1n) is 5.41. The molecule has 2 atom stereocenters. The van der Waals surface area contributed by atoms with Crippen molar-refractivity contribution in [3.63, 3.8) is 0 Å². The average molecular weight is 275 g/mol. The van der Waals surface area contributed by atoms with Crippen LogP contribution in [-0.4, -0.2) is 35.3 Å². The summed E-state index contributed by atoms with van der Waals surface area (Å²) in [6.07, 6.45) is -5.77. The molecule has 18 heavy (non-hydrogen) atoms. The Bertz CT molecular complexity index is 331. The van der Waals surface area contributed by atoms with Gasteiger partial charge in [-0.2, -0.15) is 13.2 Å². The van der Waals surface area contributed by atoms with Crippen molar-refractivity contribution in [1.29, 1.82) is 0 Å². The fraction of sp³-hybridized carbons (Fsp3) is 0.900. The van der Waals surface area contributed by atoms with E-state index in [1.54, 1.807) is 0 Å². The molecule has 0 bridgehead atoms. The molecule has 0 aliphatic heterocycles. The van der Waals surface area contributed by atoms with Crippen molar-refractivity contribution in [2.75, 3.05) is 6.54 Å². The molecule has 2 unspecified atom stereocenters. The molecule has 0 saturated heterocycles. The van der Waals surface area contributed by atoms with Gasteiger partial charge in [0, 0.05) is 12.8 Å². The second-order valence-corrected chi connectivity index (χ2v) is 4.77. The molecule has 1 saturated carbocycles. The van der Waals surface area contributed by atoms with Crippen LogP contribution in [0, 0.1) is 5.92 Å². The molecule has 106 valence electrons. The van der Waals surface area contributed by atoms with Gasteiger partial charge in [0.05, 0.1) is 0 Å². The maximum Gasteiger partial charge on any atom is 0.417 e. The molecule has 1 rings (SSSR count). The van der Waals surface area contributed by atoms with E-state index in [-0.39, 0.29) is 12.8 Å². The monoisotopic (exact) mass is 275 g/mol. The summed E-state index contributed by atoms with van der Waals surface area (Å²) in [5.74, 6) is -5.56. The van der Waals surface area contributed by atoms with Crippen LogP contribution in [-0.2, 0) is 4.79 Å². The number of carbonyl (C=O) groups is 1. The van der Waals surface area contributed by atoms with E-state index in [1.165, 1.54) is 0 Å². The molecule has 1 aliphatic carbocycles. The van der Waals surface area contributed by atoms with Crippen molar-refractivity contribution in [3.05, 3.63) is 0 Å². The predicted molar refractivity (Wildman–Crippen MR) is 52.4 cm³/mol. The Hall–Kier alpha value is -0.920. The van der Waals surface area contributed by atoms with Crippen LogP contribution in [0.5, 0.6) is 0 Å². The second-order valence-electron chi connectivity index (χ2n) is 4.77. The van der Waals surface area contributed by atoms with Gasteiger partial charge in [-0.05, 0) is 25.8 Å². The minimum absolute atomic E-state index is 0.0908. The molecule has 0 aromatic rings. The normalized spacial score (nSPS) is 26.9. The second kappa shape index (κ2) is 4.64. The molecule has 0 aromatic heterocycles. The number of carboxylic acids is 1. The maximum absolute atomic E-state index is 12.8. The zero-order valence-corrected chi connectivity index (χ0v) is 9.65. The van der Waals surface area contributed by atoms with E-state index in [0.717, 1.165) is 0 Å². The maximum atomic E-state index is 12.8. The van der Waals surface area contributed by atoms with Crippen LogP contribution in [0.2, 0.25) is 0 Å². The Morgan fingerprint density at radius 2 is 2.00 bits per heavy atom. The summed E-state index contributed by atoms with van der Waals surface area (Å²) in [6, 6.07) is 0. The molecule has 2 N–H and O–H groups in total. The van der Waals surface area contributed by atoms with Gasteiger partial charge in [0.25, 0.3) is 0 Å². The summed E-state index contributed by atoms with van der Waals surface area (Å²) in [5.41, 5.74) is -3.11. The lowest BCUT2D eigenvalue weighted by atomic mass is 9.99. The van der Waals surface area contributed by atoms with Crippen molar-refractivity contribution in [1.82, 2.24) is 5.32 Å². The summed E-state index contributed by atoms with van der Waals surface area (Å²) in [5, 5.41) is 10.5. The first-order chi connectivity index (χ1) is 7.98. The standard InChI is InChI=1S/C10H14F5NO2/c1-8(7(17)18,10(13,14)15)16-5-6-2-3-9(11,12)4-6/h6,16H,2-5H2,1H3,(H,17,18). The zero-order chi connectivity index (χ0) is 14.2. The van der Waals surface area contributed by atoms with E-state index in [0.29, 0.717) is 6.92 Å². The van der Waals surface area contributed by atoms with Gasteiger partial charge in [0.2, 0.25) is 11.5 Å². The highest BCUT2D eigenvalue weighted by Crippen LogP contribution is 2.39. The smallest absolute Gasteiger partial charge is 0.417 e. The third-order valence-electron chi connectivity index (χ3n) is 3.24. The van der Waals surface area contributed by atoms with Crippen LogP contribution in [0.15, 0.2) is 0 Å². The molecule has 0 amide bonds. The molecular weight excluding hydrogens is 261 g/mol. The molecular formula is C10H14F5NO2. The Morgan fingerprint density at radius 3 is 2.33 bits per heavy atom. The minimum Gasteiger partial charge on any atom is -0.480 e. The van der Waals surface area contributed by atoms with Gasteiger partial charge < -0.3 is 5.11 Å². The van der Waals surface area contributed by atoms with Gasteiger partial charge in [-0.3, -0.25) is 5.32 Å². The molecule has 8 heteroatoms. The van der Waals surface area contributed by atoms with Gasteiger partial charge in [-0.25, -0.2) is 13.6 Å². The lowest BCUT2D eigenvalue weighted by Gasteiger charge is -2.29. The summed E-state index contributed by atoms with van der Waals surface area (Å²) in [4.78, 5) is 10.7. The van der Waals surface area contributed by atoms with Crippen molar-refractivity contribution < 1.29 is 31.9 Å².